The molecule has 3 aromatic carbocycles. The zero-order valence-corrected chi connectivity index (χ0v) is 25.1. The van der Waals surface area contributed by atoms with Crippen LogP contribution in [0.1, 0.15) is 116 Å². The molecule has 0 aliphatic rings. The van der Waals surface area contributed by atoms with Crippen LogP contribution < -0.4 is 4.74 Å². The summed E-state index contributed by atoms with van der Waals surface area (Å²) in [7, 11) is 0. The third-order valence-corrected chi connectivity index (χ3v) is 7.59. The molecule has 0 heterocycles. The molecule has 0 fully saturated rings. The molecule has 3 nitrogen and oxygen atoms in total. The smallest absolute Gasteiger partial charge is 0.306 e. The van der Waals surface area contributed by atoms with Crippen LogP contribution in [0.2, 0.25) is 0 Å². The highest BCUT2D eigenvalue weighted by Gasteiger charge is 2.13. The van der Waals surface area contributed by atoms with Crippen molar-refractivity contribution in [1.29, 1.82) is 0 Å². The van der Waals surface area contributed by atoms with Gasteiger partial charge in [-0.15, -0.1) is 0 Å². The number of benzene rings is 3. The van der Waals surface area contributed by atoms with Gasteiger partial charge in [0.1, 0.15) is 11.9 Å². The van der Waals surface area contributed by atoms with Gasteiger partial charge in [0.2, 0.25) is 0 Å². The van der Waals surface area contributed by atoms with Crippen molar-refractivity contribution in [2.45, 2.75) is 110 Å². The fourth-order valence-corrected chi connectivity index (χ4v) is 5.07. The molecule has 0 amide bonds. The number of ether oxygens (including phenoxy) is 2. The Hall–Kier alpha value is -3.07. The predicted octanol–water partition coefficient (Wildman–Crippen LogP) is 11.1. The summed E-state index contributed by atoms with van der Waals surface area (Å²) in [6.07, 6.45) is 15.1. The number of unbranched alkanes of at least 4 members (excludes halogenated alkanes) is 10. The summed E-state index contributed by atoms with van der Waals surface area (Å²) in [4.78, 5) is 12.4. The molecule has 0 saturated heterocycles. The van der Waals surface area contributed by atoms with Crippen LogP contribution in [0.5, 0.6) is 5.75 Å². The van der Waals surface area contributed by atoms with Gasteiger partial charge in [0.25, 0.3) is 0 Å². The van der Waals surface area contributed by atoms with E-state index >= 15 is 0 Å². The van der Waals surface area contributed by atoms with Gasteiger partial charge in [-0.3, -0.25) is 4.79 Å². The molecule has 1 unspecified atom stereocenters. The van der Waals surface area contributed by atoms with Crippen LogP contribution in [-0.2, 0) is 9.53 Å². The number of esters is 1. The van der Waals surface area contributed by atoms with E-state index in [-0.39, 0.29) is 12.1 Å². The normalized spacial score (nSPS) is 11.8. The van der Waals surface area contributed by atoms with Crippen molar-refractivity contribution >= 4 is 5.97 Å². The Morgan fingerprint density at radius 3 is 1.68 bits per heavy atom. The second kappa shape index (κ2) is 18.3. The van der Waals surface area contributed by atoms with Gasteiger partial charge in [-0.25, -0.2) is 0 Å². The summed E-state index contributed by atoms with van der Waals surface area (Å²) >= 11 is 0. The van der Waals surface area contributed by atoms with Crippen LogP contribution in [0.3, 0.4) is 0 Å². The van der Waals surface area contributed by atoms with Crippen LogP contribution in [0.25, 0.3) is 22.3 Å². The molecule has 0 saturated carbocycles. The van der Waals surface area contributed by atoms with Crippen LogP contribution in [-0.4, -0.2) is 12.6 Å². The molecule has 0 aliphatic heterocycles. The molecule has 1 atom stereocenters. The number of hydrogen-bond donors (Lipinski definition) is 0. The summed E-state index contributed by atoms with van der Waals surface area (Å²) in [6, 6.07) is 25.3. The van der Waals surface area contributed by atoms with Crippen LogP contribution in [0.15, 0.2) is 72.8 Å². The SMILES string of the molecule is CCCCCCCCCCCCC(=O)OC(C)c1ccc(-c2ccccc2-c2ccc(OCCCC)cc2)cc1. The first-order valence-corrected chi connectivity index (χ1v) is 15.7. The van der Waals surface area contributed by atoms with Gasteiger partial charge in [0.05, 0.1) is 6.61 Å². The molecule has 216 valence electrons. The van der Waals surface area contributed by atoms with E-state index in [0.29, 0.717) is 6.42 Å². The minimum absolute atomic E-state index is 0.0939. The van der Waals surface area contributed by atoms with Crippen LogP contribution in [0.4, 0.5) is 0 Å². The van der Waals surface area contributed by atoms with E-state index < -0.39 is 0 Å². The quantitative estimate of drug-likeness (QED) is 0.112. The second-order valence-electron chi connectivity index (χ2n) is 11.0. The summed E-state index contributed by atoms with van der Waals surface area (Å²) in [5.41, 5.74) is 5.69. The first kappa shape index (κ1) is 31.5. The lowest BCUT2D eigenvalue weighted by atomic mass is 9.94. The highest BCUT2D eigenvalue weighted by molar-refractivity contribution is 5.83. The maximum Gasteiger partial charge on any atom is 0.306 e. The number of carbonyl (C=O) groups is 1. The Labute approximate surface area is 243 Å². The predicted molar refractivity (Wildman–Crippen MR) is 169 cm³/mol. The summed E-state index contributed by atoms with van der Waals surface area (Å²) in [5.74, 6) is 0.819. The fraction of sp³-hybridized carbons (Fsp3) is 0.486. The molecule has 3 heteroatoms. The first-order chi connectivity index (χ1) is 19.6. The standard InChI is InChI=1S/C37H50O3/c1-4-6-8-9-10-11-12-13-14-15-20-37(38)40-30(3)31-21-23-32(24-22-31)35-18-16-17-19-36(35)33-25-27-34(28-26-33)39-29-7-5-2/h16-19,21-28,30H,4-15,20,29H2,1-3H3. The number of hydrogen-bond acceptors (Lipinski definition) is 3. The topological polar surface area (TPSA) is 35.5 Å². The van der Waals surface area contributed by atoms with E-state index in [1.807, 2.05) is 6.92 Å². The largest absolute Gasteiger partial charge is 0.494 e. The lowest BCUT2D eigenvalue weighted by Crippen LogP contribution is -2.08. The Bertz CT molecular complexity index is 1100. The number of rotatable bonds is 19. The minimum Gasteiger partial charge on any atom is -0.494 e. The minimum atomic E-state index is -0.250. The van der Waals surface area contributed by atoms with Gasteiger partial charge in [0, 0.05) is 6.42 Å². The summed E-state index contributed by atoms with van der Waals surface area (Å²) < 4.78 is 11.6. The van der Waals surface area contributed by atoms with Gasteiger partial charge in [-0.1, -0.05) is 139 Å². The van der Waals surface area contributed by atoms with Crippen molar-refractivity contribution in [3.05, 3.63) is 78.4 Å². The summed E-state index contributed by atoms with van der Waals surface area (Å²) in [6.45, 7) is 7.15. The molecule has 0 spiro atoms. The van der Waals surface area contributed by atoms with Crippen molar-refractivity contribution < 1.29 is 14.3 Å². The Morgan fingerprint density at radius 1 is 0.625 bits per heavy atom. The van der Waals surface area contributed by atoms with Gasteiger partial charge in [-0.2, -0.15) is 0 Å². The van der Waals surface area contributed by atoms with Crippen molar-refractivity contribution in [3.63, 3.8) is 0 Å². The van der Waals surface area contributed by atoms with Crippen molar-refractivity contribution in [3.8, 4) is 28.0 Å². The third-order valence-electron chi connectivity index (χ3n) is 7.59. The van der Waals surface area contributed by atoms with Crippen LogP contribution in [0, 0.1) is 0 Å². The first-order valence-electron chi connectivity index (χ1n) is 15.7. The van der Waals surface area contributed by atoms with Crippen molar-refractivity contribution in [2.75, 3.05) is 6.61 Å². The van der Waals surface area contributed by atoms with E-state index in [1.54, 1.807) is 0 Å². The molecule has 0 N–H and O–H groups in total. The maximum absolute atomic E-state index is 12.4. The van der Waals surface area contributed by atoms with Gasteiger partial charge in [0.15, 0.2) is 0 Å². The molecule has 40 heavy (non-hydrogen) atoms. The fourth-order valence-electron chi connectivity index (χ4n) is 5.07. The molecule has 0 radical (unpaired) electrons. The Kier molecular flexibility index (Phi) is 14.4. The molecule has 0 aromatic heterocycles. The zero-order chi connectivity index (χ0) is 28.4. The van der Waals surface area contributed by atoms with E-state index in [2.05, 4.69) is 86.6 Å². The van der Waals surface area contributed by atoms with E-state index in [1.165, 1.54) is 62.5 Å². The monoisotopic (exact) mass is 542 g/mol. The van der Waals surface area contributed by atoms with E-state index in [0.717, 1.165) is 54.7 Å². The highest BCUT2D eigenvalue weighted by Crippen LogP contribution is 2.33. The van der Waals surface area contributed by atoms with Gasteiger partial charge in [-0.05, 0) is 59.7 Å². The lowest BCUT2D eigenvalue weighted by molar-refractivity contribution is -0.148. The molecule has 3 rings (SSSR count). The maximum atomic E-state index is 12.4. The molecule has 3 aromatic rings. The van der Waals surface area contributed by atoms with Crippen molar-refractivity contribution in [1.82, 2.24) is 0 Å². The molecular weight excluding hydrogens is 492 g/mol. The van der Waals surface area contributed by atoms with E-state index in [4.69, 9.17) is 9.47 Å². The van der Waals surface area contributed by atoms with Crippen LogP contribution >= 0.6 is 0 Å². The Morgan fingerprint density at radius 2 is 1.12 bits per heavy atom. The number of carbonyl (C=O) groups excluding carboxylic acids is 1. The second-order valence-corrected chi connectivity index (χ2v) is 11.0. The van der Waals surface area contributed by atoms with Gasteiger partial charge < -0.3 is 9.47 Å². The molecule has 0 aliphatic carbocycles. The molecular formula is C37H50O3. The van der Waals surface area contributed by atoms with Gasteiger partial charge >= 0.3 is 5.97 Å². The average Bonchev–Trinajstić information content (AvgIpc) is 2.98. The average molecular weight is 543 g/mol. The third kappa shape index (κ3) is 10.8. The lowest BCUT2D eigenvalue weighted by Gasteiger charge is -2.15. The van der Waals surface area contributed by atoms with E-state index in [9.17, 15) is 4.79 Å². The molecule has 0 bridgehead atoms. The Balaban J connectivity index is 1.47. The highest BCUT2D eigenvalue weighted by atomic mass is 16.5. The van der Waals surface area contributed by atoms with Crippen molar-refractivity contribution in [2.24, 2.45) is 0 Å². The zero-order valence-electron chi connectivity index (χ0n) is 25.1. The summed E-state index contributed by atoms with van der Waals surface area (Å²) in [5, 5.41) is 0.